The van der Waals surface area contributed by atoms with E-state index in [1.165, 1.54) is 0 Å². The van der Waals surface area contributed by atoms with Crippen molar-refractivity contribution in [3.63, 3.8) is 0 Å². The summed E-state index contributed by atoms with van der Waals surface area (Å²) in [5.74, 6) is 0.285. The van der Waals surface area contributed by atoms with Crippen molar-refractivity contribution in [2.24, 2.45) is 17.1 Å². The summed E-state index contributed by atoms with van der Waals surface area (Å²) in [7, 11) is 0. The van der Waals surface area contributed by atoms with Gasteiger partial charge < -0.3 is 15.8 Å². The number of hydrogen-bond acceptors (Lipinski definition) is 3. The SMILES string of the molecule is CC1(C)C(NCC(N)=O)C2CCOC21. The molecule has 0 aromatic heterocycles. The van der Waals surface area contributed by atoms with E-state index in [4.69, 9.17) is 10.5 Å². The summed E-state index contributed by atoms with van der Waals surface area (Å²) in [6.45, 7) is 5.49. The Morgan fingerprint density at radius 1 is 1.64 bits per heavy atom. The normalized spacial score (nSPS) is 38.9. The van der Waals surface area contributed by atoms with E-state index < -0.39 is 0 Å². The predicted octanol–water partition coefficient (Wildman–Crippen LogP) is -0.125. The first kappa shape index (κ1) is 9.93. The highest BCUT2D eigenvalue weighted by Crippen LogP contribution is 2.51. The van der Waals surface area contributed by atoms with Gasteiger partial charge in [-0.1, -0.05) is 13.8 Å². The molecule has 2 fully saturated rings. The quantitative estimate of drug-likeness (QED) is 0.664. The molecule has 3 atom stereocenters. The molecule has 1 saturated carbocycles. The van der Waals surface area contributed by atoms with Crippen LogP contribution < -0.4 is 11.1 Å². The molecule has 2 rings (SSSR count). The molecule has 0 spiro atoms. The molecule has 0 bridgehead atoms. The Kier molecular flexibility index (Phi) is 2.27. The average Bonchev–Trinajstić information content (AvgIpc) is 2.49. The molecule has 3 unspecified atom stereocenters. The van der Waals surface area contributed by atoms with Crippen LogP contribution >= 0.6 is 0 Å². The standard InChI is InChI=1S/C10H18N2O2/c1-10(2)8(12-5-7(11)13)6-3-4-14-9(6)10/h6,8-9,12H,3-5H2,1-2H3,(H2,11,13). The molecule has 80 valence electrons. The molecular weight excluding hydrogens is 180 g/mol. The molecule has 1 aliphatic carbocycles. The lowest BCUT2D eigenvalue weighted by molar-refractivity contribution is -0.124. The van der Waals surface area contributed by atoms with Gasteiger partial charge in [-0.3, -0.25) is 4.79 Å². The van der Waals surface area contributed by atoms with Gasteiger partial charge in [-0.05, 0) is 6.42 Å². The van der Waals surface area contributed by atoms with Gasteiger partial charge in [0.05, 0.1) is 12.6 Å². The van der Waals surface area contributed by atoms with Crippen molar-refractivity contribution in [2.75, 3.05) is 13.2 Å². The van der Waals surface area contributed by atoms with Crippen LogP contribution in [-0.4, -0.2) is 31.2 Å². The number of ether oxygens (including phenoxy) is 1. The Balaban J connectivity index is 1.95. The Morgan fingerprint density at radius 3 is 3.00 bits per heavy atom. The maximum Gasteiger partial charge on any atom is 0.231 e. The van der Waals surface area contributed by atoms with Crippen LogP contribution in [-0.2, 0) is 9.53 Å². The fourth-order valence-corrected chi connectivity index (χ4v) is 2.95. The van der Waals surface area contributed by atoms with E-state index in [0.29, 0.717) is 18.1 Å². The number of nitrogens with two attached hydrogens (primary N) is 1. The van der Waals surface area contributed by atoms with Gasteiger partial charge in [0.2, 0.25) is 5.91 Å². The third-order valence-corrected chi connectivity index (χ3v) is 3.60. The van der Waals surface area contributed by atoms with Crippen molar-refractivity contribution in [1.82, 2.24) is 5.32 Å². The van der Waals surface area contributed by atoms with Crippen LogP contribution in [0.15, 0.2) is 0 Å². The topological polar surface area (TPSA) is 64.3 Å². The zero-order chi connectivity index (χ0) is 10.3. The molecule has 14 heavy (non-hydrogen) atoms. The Labute approximate surface area is 84.2 Å². The molecule has 0 aromatic rings. The lowest BCUT2D eigenvalue weighted by Gasteiger charge is -2.54. The van der Waals surface area contributed by atoms with E-state index in [9.17, 15) is 4.79 Å². The second kappa shape index (κ2) is 3.21. The molecule has 1 heterocycles. The zero-order valence-corrected chi connectivity index (χ0v) is 8.75. The van der Waals surface area contributed by atoms with Gasteiger partial charge in [-0.15, -0.1) is 0 Å². The Bertz CT molecular complexity index is 253. The molecule has 3 N–H and O–H groups in total. The van der Waals surface area contributed by atoms with Crippen molar-refractivity contribution in [3.05, 3.63) is 0 Å². The number of nitrogens with one attached hydrogen (secondary N) is 1. The van der Waals surface area contributed by atoms with E-state index in [-0.39, 0.29) is 17.9 Å². The molecule has 1 amide bonds. The summed E-state index contributed by atoms with van der Waals surface area (Å²) in [4.78, 5) is 10.7. The van der Waals surface area contributed by atoms with Crippen LogP contribution in [0, 0.1) is 11.3 Å². The van der Waals surface area contributed by atoms with Crippen molar-refractivity contribution >= 4 is 5.91 Å². The molecule has 4 nitrogen and oxygen atoms in total. The first-order chi connectivity index (χ1) is 6.53. The third kappa shape index (κ3) is 1.33. The molecule has 0 radical (unpaired) electrons. The molecule has 1 saturated heterocycles. The van der Waals surface area contributed by atoms with Crippen LogP contribution in [0.1, 0.15) is 20.3 Å². The highest BCUT2D eigenvalue weighted by molar-refractivity contribution is 5.75. The molecule has 2 aliphatic rings. The van der Waals surface area contributed by atoms with Crippen LogP contribution in [0.25, 0.3) is 0 Å². The minimum atomic E-state index is -0.289. The number of rotatable bonds is 3. The van der Waals surface area contributed by atoms with Crippen molar-refractivity contribution < 1.29 is 9.53 Å². The zero-order valence-electron chi connectivity index (χ0n) is 8.75. The Hall–Kier alpha value is -0.610. The number of carbonyl (C=O) groups is 1. The van der Waals surface area contributed by atoms with Crippen molar-refractivity contribution in [2.45, 2.75) is 32.4 Å². The monoisotopic (exact) mass is 198 g/mol. The highest BCUT2D eigenvalue weighted by Gasteiger charge is 2.58. The summed E-state index contributed by atoms with van der Waals surface area (Å²) in [5.41, 5.74) is 5.25. The second-order valence-corrected chi connectivity index (χ2v) is 4.89. The third-order valence-electron chi connectivity index (χ3n) is 3.60. The number of amides is 1. The fourth-order valence-electron chi connectivity index (χ4n) is 2.95. The van der Waals surface area contributed by atoms with Crippen LogP contribution in [0.5, 0.6) is 0 Å². The van der Waals surface area contributed by atoms with Gasteiger partial charge in [0.15, 0.2) is 0 Å². The Morgan fingerprint density at radius 2 is 2.36 bits per heavy atom. The average molecular weight is 198 g/mol. The number of fused-ring (bicyclic) bond motifs is 1. The van der Waals surface area contributed by atoms with Gasteiger partial charge in [0, 0.05) is 24.0 Å². The number of primary amides is 1. The van der Waals surface area contributed by atoms with Crippen molar-refractivity contribution in [3.8, 4) is 0 Å². The maximum absolute atomic E-state index is 10.7. The van der Waals surface area contributed by atoms with E-state index in [1.807, 2.05) is 0 Å². The smallest absolute Gasteiger partial charge is 0.231 e. The van der Waals surface area contributed by atoms with Gasteiger partial charge in [-0.25, -0.2) is 0 Å². The van der Waals surface area contributed by atoms with Gasteiger partial charge >= 0.3 is 0 Å². The highest BCUT2D eigenvalue weighted by atomic mass is 16.5. The second-order valence-electron chi connectivity index (χ2n) is 4.89. The molecule has 1 aliphatic heterocycles. The van der Waals surface area contributed by atoms with E-state index in [2.05, 4.69) is 19.2 Å². The maximum atomic E-state index is 10.7. The molecule has 4 heteroatoms. The lowest BCUT2D eigenvalue weighted by atomic mass is 9.57. The van der Waals surface area contributed by atoms with Crippen LogP contribution in [0.4, 0.5) is 0 Å². The minimum absolute atomic E-state index is 0.136. The first-order valence-corrected chi connectivity index (χ1v) is 5.17. The van der Waals surface area contributed by atoms with E-state index >= 15 is 0 Å². The number of hydrogen-bond donors (Lipinski definition) is 2. The van der Waals surface area contributed by atoms with Gasteiger partial charge in [-0.2, -0.15) is 0 Å². The number of carbonyl (C=O) groups excluding carboxylic acids is 1. The molecular formula is C10H18N2O2. The predicted molar refractivity (Wildman–Crippen MR) is 52.6 cm³/mol. The minimum Gasteiger partial charge on any atom is -0.377 e. The summed E-state index contributed by atoms with van der Waals surface area (Å²) in [5, 5.41) is 3.23. The van der Waals surface area contributed by atoms with Crippen molar-refractivity contribution in [1.29, 1.82) is 0 Å². The fraction of sp³-hybridized carbons (Fsp3) is 0.900. The van der Waals surface area contributed by atoms with Gasteiger partial charge in [0.1, 0.15) is 0 Å². The van der Waals surface area contributed by atoms with Crippen LogP contribution in [0.3, 0.4) is 0 Å². The summed E-state index contributed by atoms with van der Waals surface area (Å²) in [6, 6.07) is 0.377. The lowest BCUT2D eigenvalue weighted by Crippen LogP contribution is -2.66. The summed E-state index contributed by atoms with van der Waals surface area (Å²) < 4.78 is 5.65. The van der Waals surface area contributed by atoms with E-state index in [0.717, 1.165) is 13.0 Å². The largest absolute Gasteiger partial charge is 0.377 e. The summed E-state index contributed by atoms with van der Waals surface area (Å²) >= 11 is 0. The van der Waals surface area contributed by atoms with E-state index in [1.54, 1.807) is 0 Å². The van der Waals surface area contributed by atoms with Gasteiger partial charge in [0.25, 0.3) is 0 Å². The summed E-state index contributed by atoms with van der Waals surface area (Å²) in [6.07, 6.45) is 1.47. The first-order valence-electron chi connectivity index (χ1n) is 5.17. The van der Waals surface area contributed by atoms with Crippen LogP contribution in [0.2, 0.25) is 0 Å². The molecule has 0 aromatic carbocycles.